The van der Waals surface area contributed by atoms with Crippen molar-refractivity contribution in [2.75, 3.05) is 0 Å². The summed E-state index contributed by atoms with van der Waals surface area (Å²) in [4.78, 5) is 4.24. The van der Waals surface area contributed by atoms with Gasteiger partial charge in [-0.1, -0.05) is 36.8 Å². The molecule has 0 bridgehead atoms. The Morgan fingerprint density at radius 3 is 2.46 bits per heavy atom. The van der Waals surface area contributed by atoms with Crippen LogP contribution in [0.3, 0.4) is 0 Å². The maximum Gasteiger partial charge on any atom is 0.0938 e. The summed E-state index contributed by atoms with van der Waals surface area (Å²) in [5.74, 6) is 0.723. The number of benzene rings is 1. The summed E-state index contributed by atoms with van der Waals surface area (Å²) >= 11 is 0. The van der Waals surface area contributed by atoms with Gasteiger partial charge in [0, 0.05) is 6.42 Å². The maximum absolute atomic E-state index is 5.60. The Morgan fingerprint density at radius 2 is 1.92 bits per heavy atom. The Morgan fingerprint density at radius 1 is 1.31 bits per heavy atom. The summed E-state index contributed by atoms with van der Waals surface area (Å²) in [6.07, 6.45) is 0.825. The highest BCUT2D eigenvalue weighted by Gasteiger charge is 1.91. The van der Waals surface area contributed by atoms with E-state index in [1.54, 1.807) is 0 Å². The van der Waals surface area contributed by atoms with Crippen LogP contribution in [0.1, 0.15) is 24.5 Å². The van der Waals surface area contributed by atoms with Crippen LogP contribution in [0, 0.1) is 6.92 Å². The molecular weight excluding hydrogens is 160 g/mol. The zero-order chi connectivity index (χ0) is 9.68. The zero-order valence-electron chi connectivity index (χ0n) is 8.25. The molecule has 0 heterocycles. The molecule has 0 saturated carbocycles. The number of hydrogen-bond donors (Lipinski definition) is 1. The number of hydrogen-bond acceptors (Lipinski definition) is 1. The van der Waals surface area contributed by atoms with Crippen LogP contribution in [0.2, 0.25) is 0 Å². The van der Waals surface area contributed by atoms with Gasteiger partial charge in [-0.3, -0.25) is 4.99 Å². The van der Waals surface area contributed by atoms with Crippen molar-refractivity contribution in [3.8, 4) is 0 Å². The van der Waals surface area contributed by atoms with Gasteiger partial charge >= 0.3 is 0 Å². The molecule has 0 aliphatic heterocycles. The SMILES string of the molecule is CCC(N)=NCc1ccc(C)cc1. The van der Waals surface area contributed by atoms with Gasteiger partial charge in [0.25, 0.3) is 0 Å². The van der Waals surface area contributed by atoms with E-state index in [2.05, 4.69) is 36.2 Å². The number of amidine groups is 1. The van der Waals surface area contributed by atoms with Gasteiger partial charge in [-0.25, -0.2) is 0 Å². The van der Waals surface area contributed by atoms with Crippen molar-refractivity contribution in [1.29, 1.82) is 0 Å². The van der Waals surface area contributed by atoms with Gasteiger partial charge in [0.05, 0.1) is 12.4 Å². The smallest absolute Gasteiger partial charge is 0.0938 e. The topological polar surface area (TPSA) is 38.4 Å². The Balaban J connectivity index is 2.60. The molecule has 13 heavy (non-hydrogen) atoms. The van der Waals surface area contributed by atoms with Gasteiger partial charge in [-0.2, -0.15) is 0 Å². The summed E-state index contributed by atoms with van der Waals surface area (Å²) in [6, 6.07) is 8.35. The third-order valence-corrected chi connectivity index (χ3v) is 1.95. The second-order valence-electron chi connectivity index (χ2n) is 3.15. The van der Waals surface area contributed by atoms with E-state index in [-0.39, 0.29) is 0 Å². The van der Waals surface area contributed by atoms with E-state index in [4.69, 9.17) is 5.73 Å². The van der Waals surface area contributed by atoms with Gasteiger partial charge in [0.15, 0.2) is 0 Å². The van der Waals surface area contributed by atoms with Crippen LogP contribution in [-0.2, 0) is 6.54 Å². The molecule has 2 N–H and O–H groups in total. The highest BCUT2D eigenvalue weighted by atomic mass is 14.8. The number of aryl methyl sites for hydroxylation is 1. The molecule has 0 radical (unpaired) electrons. The van der Waals surface area contributed by atoms with E-state index in [1.165, 1.54) is 11.1 Å². The van der Waals surface area contributed by atoms with Gasteiger partial charge in [-0.15, -0.1) is 0 Å². The van der Waals surface area contributed by atoms with Crippen LogP contribution in [0.15, 0.2) is 29.3 Å². The third kappa shape index (κ3) is 3.28. The van der Waals surface area contributed by atoms with Crippen molar-refractivity contribution in [3.05, 3.63) is 35.4 Å². The summed E-state index contributed by atoms with van der Waals surface area (Å²) in [7, 11) is 0. The minimum absolute atomic E-state index is 0.694. The van der Waals surface area contributed by atoms with Crippen molar-refractivity contribution >= 4 is 5.84 Å². The van der Waals surface area contributed by atoms with Crippen molar-refractivity contribution in [2.24, 2.45) is 10.7 Å². The second kappa shape index (κ2) is 4.65. The first-order valence-corrected chi connectivity index (χ1v) is 4.56. The maximum atomic E-state index is 5.60. The van der Waals surface area contributed by atoms with Crippen LogP contribution >= 0.6 is 0 Å². The predicted octanol–water partition coefficient (Wildman–Crippen LogP) is 2.26. The minimum Gasteiger partial charge on any atom is -0.387 e. The second-order valence-corrected chi connectivity index (χ2v) is 3.15. The average molecular weight is 176 g/mol. The predicted molar refractivity (Wildman–Crippen MR) is 56.8 cm³/mol. The first-order chi connectivity index (χ1) is 6.22. The highest BCUT2D eigenvalue weighted by molar-refractivity contribution is 5.79. The Bertz CT molecular complexity index is 285. The van der Waals surface area contributed by atoms with Gasteiger partial charge < -0.3 is 5.73 Å². The molecule has 0 fully saturated rings. The lowest BCUT2D eigenvalue weighted by atomic mass is 10.1. The molecular formula is C11H16N2. The molecule has 1 aromatic carbocycles. The van der Waals surface area contributed by atoms with Crippen LogP contribution in [0.4, 0.5) is 0 Å². The van der Waals surface area contributed by atoms with E-state index < -0.39 is 0 Å². The Kier molecular flexibility index (Phi) is 3.50. The minimum atomic E-state index is 0.694. The quantitative estimate of drug-likeness (QED) is 0.556. The lowest BCUT2D eigenvalue weighted by Crippen LogP contribution is -2.09. The monoisotopic (exact) mass is 176 g/mol. The molecule has 0 amide bonds. The summed E-state index contributed by atoms with van der Waals surface area (Å²) in [6.45, 7) is 4.78. The van der Waals surface area contributed by atoms with E-state index in [0.717, 1.165) is 12.3 Å². The van der Waals surface area contributed by atoms with Gasteiger partial charge in [-0.05, 0) is 12.5 Å². The normalized spacial score (nSPS) is 11.7. The summed E-state index contributed by atoms with van der Waals surface area (Å²) in [5, 5.41) is 0. The van der Waals surface area contributed by atoms with Crippen LogP contribution < -0.4 is 5.73 Å². The first kappa shape index (κ1) is 9.78. The first-order valence-electron chi connectivity index (χ1n) is 4.56. The molecule has 0 saturated heterocycles. The highest BCUT2D eigenvalue weighted by Crippen LogP contribution is 2.04. The van der Waals surface area contributed by atoms with Gasteiger partial charge in [0.1, 0.15) is 0 Å². The Labute approximate surface area is 79.5 Å². The molecule has 2 nitrogen and oxygen atoms in total. The molecule has 70 valence electrons. The van der Waals surface area contributed by atoms with Crippen molar-refractivity contribution < 1.29 is 0 Å². The molecule has 0 unspecified atom stereocenters. The fourth-order valence-electron chi connectivity index (χ4n) is 0.998. The van der Waals surface area contributed by atoms with E-state index in [0.29, 0.717) is 6.54 Å². The third-order valence-electron chi connectivity index (χ3n) is 1.95. The number of aliphatic imine (C=N–C) groups is 1. The molecule has 0 aromatic heterocycles. The molecule has 0 aliphatic carbocycles. The lowest BCUT2D eigenvalue weighted by Gasteiger charge is -1.98. The average Bonchev–Trinajstić information content (AvgIpc) is 2.16. The number of nitrogens with zero attached hydrogens (tertiary/aromatic N) is 1. The van der Waals surface area contributed by atoms with E-state index in [1.807, 2.05) is 6.92 Å². The molecule has 0 atom stereocenters. The van der Waals surface area contributed by atoms with Crippen LogP contribution in [0.25, 0.3) is 0 Å². The zero-order valence-corrected chi connectivity index (χ0v) is 8.25. The lowest BCUT2D eigenvalue weighted by molar-refractivity contribution is 1.04. The summed E-state index contributed by atoms with van der Waals surface area (Å²) < 4.78 is 0. The fraction of sp³-hybridized carbons (Fsp3) is 0.364. The molecule has 1 aromatic rings. The van der Waals surface area contributed by atoms with Crippen LogP contribution in [0.5, 0.6) is 0 Å². The number of rotatable bonds is 3. The molecule has 1 rings (SSSR count). The molecule has 0 aliphatic rings. The summed E-state index contributed by atoms with van der Waals surface area (Å²) in [5.41, 5.74) is 8.09. The van der Waals surface area contributed by atoms with Crippen molar-refractivity contribution in [2.45, 2.75) is 26.8 Å². The standard InChI is InChI=1S/C11H16N2/c1-3-11(12)13-8-10-6-4-9(2)5-7-10/h4-7H,3,8H2,1-2H3,(H2,12,13). The Hall–Kier alpha value is -1.31. The number of nitrogens with two attached hydrogens (primary N) is 1. The largest absolute Gasteiger partial charge is 0.387 e. The molecule has 2 heteroatoms. The van der Waals surface area contributed by atoms with E-state index >= 15 is 0 Å². The van der Waals surface area contributed by atoms with Gasteiger partial charge in [0.2, 0.25) is 0 Å². The van der Waals surface area contributed by atoms with Crippen molar-refractivity contribution in [3.63, 3.8) is 0 Å². The molecule has 0 spiro atoms. The van der Waals surface area contributed by atoms with Crippen LogP contribution in [-0.4, -0.2) is 5.84 Å². The van der Waals surface area contributed by atoms with Crippen molar-refractivity contribution in [1.82, 2.24) is 0 Å². The fourth-order valence-corrected chi connectivity index (χ4v) is 0.998. The van der Waals surface area contributed by atoms with E-state index in [9.17, 15) is 0 Å².